The molecule has 0 N–H and O–H groups in total. The first-order valence-corrected chi connectivity index (χ1v) is 4.73. The molecular formula is C9H9BrN2O. The van der Waals surface area contributed by atoms with Crippen LogP contribution >= 0.6 is 15.9 Å². The fraction of sp³-hybridized carbons (Fsp3) is 0.333. The fourth-order valence-electron chi connectivity index (χ4n) is 0.797. The lowest BCUT2D eigenvalue weighted by atomic mass is 10.3. The van der Waals surface area contributed by atoms with Crippen molar-refractivity contribution in [2.75, 3.05) is 0 Å². The van der Waals surface area contributed by atoms with Gasteiger partial charge in [0, 0.05) is 0 Å². The summed E-state index contributed by atoms with van der Waals surface area (Å²) >= 11 is 3.21. The summed E-state index contributed by atoms with van der Waals surface area (Å²) in [6.07, 6.45) is 1.87. The van der Waals surface area contributed by atoms with Gasteiger partial charge in [-0.1, -0.05) is 6.92 Å². The lowest BCUT2D eigenvalue weighted by molar-refractivity contribution is 0.251. The van der Waals surface area contributed by atoms with Crippen molar-refractivity contribution in [3.05, 3.63) is 22.9 Å². The number of pyridine rings is 1. The molecule has 0 amide bonds. The monoisotopic (exact) mass is 240 g/mol. The van der Waals surface area contributed by atoms with E-state index in [2.05, 4.69) is 27.0 Å². The highest BCUT2D eigenvalue weighted by Crippen LogP contribution is 2.14. The van der Waals surface area contributed by atoms with Crippen molar-refractivity contribution in [2.45, 2.75) is 19.4 Å². The molecule has 0 aliphatic rings. The molecule has 0 aliphatic heterocycles. The second-order valence-electron chi connectivity index (χ2n) is 2.46. The molecule has 68 valence electrons. The largest absolute Gasteiger partial charge is 0.474 e. The summed E-state index contributed by atoms with van der Waals surface area (Å²) in [5.41, 5.74) is 0. The number of hydrogen-bond donors (Lipinski definition) is 0. The molecule has 0 bridgehead atoms. The Balaban J connectivity index is 2.64. The molecule has 1 unspecified atom stereocenters. The van der Waals surface area contributed by atoms with E-state index in [1.165, 1.54) is 0 Å². The molecule has 13 heavy (non-hydrogen) atoms. The van der Waals surface area contributed by atoms with Crippen LogP contribution in [0.2, 0.25) is 0 Å². The second-order valence-corrected chi connectivity index (χ2v) is 3.27. The molecule has 1 atom stereocenters. The summed E-state index contributed by atoms with van der Waals surface area (Å²) in [6, 6.07) is 5.61. The highest BCUT2D eigenvalue weighted by Gasteiger charge is 2.05. The van der Waals surface area contributed by atoms with Gasteiger partial charge in [-0.15, -0.1) is 0 Å². The maximum absolute atomic E-state index is 8.64. The minimum absolute atomic E-state index is 0.386. The molecule has 0 spiro atoms. The predicted molar refractivity (Wildman–Crippen MR) is 52.3 cm³/mol. The van der Waals surface area contributed by atoms with E-state index >= 15 is 0 Å². The average molecular weight is 241 g/mol. The molecule has 0 saturated carbocycles. The van der Waals surface area contributed by atoms with Crippen molar-refractivity contribution in [3.63, 3.8) is 0 Å². The number of halogens is 1. The van der Waals surface area contributed by atoms with Crippen LogP contribution in [0.15, 0.2) is 22.9 Å². The first-order chi connectivity index (χ1) is 6.26. The van der Waals surface area contributed by atoms with E-state index in [0.29, 0.717) is 12.2 Å². The minimum Gasteiger partial charge on any atom is -0.474 e. The van der Waals surface area contributed by atoms with Crippen molar-refractivity contribution < 1.29 is 4.74 Å². The molecule has 0 saturated heterocycles. The van der Waals surface area contributed by atoms with E-state index in [1.807, 2.05) is 6.92 Å². The number of nitriles is 1. The zero-order valence-corrected chi connectivity index (χ0v) is 8.78. The number of ether oxygens (including phenoxy) is 1. The Hall–Kier alpha value is -1.08. The van der Waals surface area contributed by atoms with E-state index in [1.54, 1.807) is 18.3 Å². The Labute approximate surface area is 85.5 Å². The number of aromatic nitrogens is 1. The van der Waals surface area contributed by atoms with E-state index in [9.17, 15) is 0 Å². The lowest BCUT2D eigenvalue weighted by Gasteiger charge is -2.08. The molecule has 4 heteroatoms. The van der Waals surface area contributed by atoms with Gasteiger partial charge in [-0.25, -0.2) is 4.98 Å². The zero-order chi connectivity index (χ0) is 9.68. The molecule has 1 aromatic heterocycles. The molecule has 0 radical (unpaired) electrons. The van der Waals surface area contributed by atoms with Crippen molar-refractivity contribution in [2.24, 2.45) is 0 Å². The highest BCUT2D eigenvalue weighted by atomic mass is 79.9. The molecule has 0 fully saturated rings. The zero-order valence-electron chi connectivity index (χ0n) is 7.20. The van der Waals surface area contributed by atoms with Crippen molar-refractivity contribution in [1.29, 1.82) is 5.26 Å². The van der Waals surface area contributed by atoms with Crippen molar-refractivity contribution >= 4 is 15.9 Å². The Morgan fingerprint density at radius 1 is 1.69 bits per heavy atom. The number of nitrogens with zero attached hydrogens (tertiary/aromatic N) is 2. The standard InChI is InChI=1S/C9H9BrN2O/c1-2-7(5-11)13-8-3-4-9(10)12-6-8/h3-4,6-7H,2H2,1H3. The highest BCUT2D eigenvalue weighted by molar-refractivity contribution is 9.10. The van der Waals surface area contributed by atoms with Crippen LogP contribution in [0.4, 0.5) is 0 Å². The van der Waals surface area contributed by atoms with E-state index in [4.69, 9.17) is 10.00 Å². The fourth-order valence-corrected chi connectivity index (χ4v) is 1.03. The van der Waals surface area contributed by atoms with Gasteiger partial charge >= 0.3 is 0 Å². The maximum Gasteiger partial charge on any atom is 0.184 e. The third-order valence-electron chi connectivity index (χ3n) is 1.49. The molecule has 1 rings (SSSR count). The van der Waals surface area contributed by atoms with Crippen LogP contribution in [0.5, 0.6) is 5.75 Å². The van der Waals surface area contributed by atoms with E-state index in [0.717, 1.165) is 4.60 Å². The van der Waals surface area contributed by atoms with Gasteiger partial charge in [0.05, 0.1) is 6.20 Å². The van der Waals surface area contributed by atoms with E-state index < -0.39 is 0 Å². The van der Waals surface area contributed by atoms with Crippen LogP contribution in [0.3, 0.4) is 0 Å². The molecule has 0 aromatic carbocycles. The van der Waals surface area contributed by atoms with Crippen LogP contribution in [0.1, 0.15) is 13.3 Å². The smallest absolute Gasteiger partial charge is 0.184 e. The maximum atomic E-state index is 8.64. The SMILES string of the molecule is CCC(C#N)Oc1ccc(Br)nc1. The third kappa shape index (κ3) is 3.03. The summed E-state index contributed by atoms with van der Waals surface area (Å²) in [4.78, 5) is 3.98. The topological polar surface area (TPSA) is 45.9 Å². The first-order valence-electron chi connectivity index (χ1n) is 3.94. The van der Waals surface area contributed by atoms with Gasteiger partial charge in [0.25, 0.3) is 0 Å². The third-order valence-corrected chi connectivity index (χ3v) is 1.96. The quantitative estimate of drug-likeness (QED) is 0.764. The van der Waals surface area contributed by atoms with Crippen LogP contribution in [-0.2, 0) is 0 Å². The van der Waals surface area contributed by atoms with Gasteiger partial charge in [0.15, 0.2) is 6.10 Å². The van der Waals surface area contributed by atoms with Gasteiger partial charge in [-0.2, -0.15) is 5.26 Å². The van der Waals surface area contributed by atoms with Crippen molar-refractivity contribution in [1.82, 2.24) is 4.98 Å². The molecule has 0 aliphatic carbocycles. The van der Waals surface area contributed by atoms with Crippen LogP contribution in [0.25, 0.3) is 0 Å². The average Bonchev–Trinajstić information content (AvgIpc) is 2.17. The normalized spacial score (nSPS) is 11.8. The Kier molecular flexibility index (Phi) is 3.71. The Morgan fingerprint density at radius 2 is 2.46 bits per heavy atom. The van der Waals surface area contributed by atoms with Gasteiger partial charge in [0.2, 0.25) is 0 Å². The summed E-state index contributed by atoms with van der Waals surface area (Å²) in [7, 11) is 0. The molecule has 1 aromatic rings. The van der Waals surface area contributed by atoms with Crippen molar-refractivity contribution in [3.8, 4) is 11.8 Å². The summed E-state index contributed by atoms with van der Waals surface area (Å²) < 4.78 is 6.08. The second kappa shape index (κ2) is 4.83. The summed E-state index contributed by atoms with van der Waals surface area (Å²) in [5.74, 6) is 0.622. The summed E-state index contributed by atoms with van der Waals surface area (Å²) in [6.45, 7) is 1.90. The predicted octanol–water partition coefficient (Wildman–Crippen LogP) is 2.53. The number of rotatable bonds is 3. The van der Waals surface area contributed by atoms with Crippen LogP contribution in [0, 0.1) is 11.3 Å². The van der Waals surface area contributed by atoms with E-state index in [-0.39, 0.29) is 6.10 Å². The van der Waals surface area contributed by atoms with Gasteiger partial charge in [-0.05, 0) is 34.5 Å². The Morgan fingerprint density at radius 3 is 2.92 bits per heavy atom. The number of hydrogen-bond acceptors (Lipinski definition) is 3. The first kappa shape index (κ1) is 10.0. The van der Waals surface area contributed by atoms with Crippen LogP contribution in [-0.4, -0.2) is 11.1 Å². The van der Waals surface area contributed by atoms with Gasteiger partial charge in [0.1, 0.15) is 16.4 Å². The molecule has 3 nitrogen and oxygen atoms in total. The lowest BCUT2D eigenvalue weighted by Crippen LogP contribution is -2.12. The minimum atomic E-state index is -0.386. The molecular weight excluding hydrogens is 232 g/mol. The van der Waals surface area contributed by atoms with Crippen LogP contribution < -0.4 is 4.74 Å². The van der Waals surface area contributed by atoms with Gasteiger partial charge < -0.3 is 4.74 Å². The summed E-state index contributed by atoms with van der Waals surface area (Å²) in [5, 5.41) is 8.64. The Bertz CT molecular complexity index is 304. The molecule has 1 heterocycles. The van der Waals surface area contributed by atoms with Gasteiger partial charge in [-0.3, -0.25) is 0 Å².